The van der Waals surface area contributed by atoms with Gasteiger partial charge in [0.1, 0.15) is 0 Å². The van der Waals surface area contributed by atoms with Gasteiger partial charge in [-0.05, 0) is 65.2 Å². The number of hydrogen-bond donors (Lipinski definition) is 0. The highest BCUT2D eigenvalue weighted by molar-refractivity contribution is 6.09. The summed E-state index contributed by atoms with van der Waals surface area (Å²) in [5.41, 5.74) is 7.46. The average molecular weight is 477 g/mol. The van der Waals surface area contributed by atoms with Crippen LogP contribution in [0.25, 0.3) is 38.3 Å². The predicted molar refractivity (Wildman–Crippen MR) is 158 cm³/mol. The second kappa shape index (κ2) is 8.83. The maximum absolute atomic E-state index is 2.36. The van der Waals surface area contributed by atoms with E-state index in [-0.39, 0.29) is 0 Å². The molecule has 1 aliphatic rings. The summed E-state index contributed by atoms with van der Waals surface area (Å²) in [4.78, 5) is 2.28. The topological polar surface area (TPSA) is 8.17 Å². The predicted octanol–water partition coefficient (Wildman–Crippen LogP) is 9.00. The molecule has 0 amide bonds. The minimum atomic E-state index is 0.416. The third-order valence-corrected chi connectivity index (χ3v) is 7.74. The SMILES string of the molecule is CN(C1=CCC(c2ccc3ccccc3c2)C=C1)c1ccc(-n2c3ccccc3c3ccccc32)cc1. The fourth-order valence-corrected chi connectivity index (χ4v) is 5.72. The molecule has 0 bridgehead atoms. The van der Waals surface area contributed by atoms with Crippen LogP contribution in [-0.2, 0) is 0 Å². The van der Waals surface area contributed by atoms with E-state index in [1.54, 1.807) is 0 Å². The van der Waals surface area contributed by atoms with E-state index < -0.39 is 0 Å². The van der Waals surface area contributed by atoms with Crippen LogP contribution < -0.4 is 4.90 Å². The highest BCUT2D eigenvalue weighted by Gasteiger charge is 2.15. The summed E-state index contributed by atoms with van der Waals surface area (Å²) in [6.45, 7) is 0. The van der Waals surface area contributed by atoms with Gasteiger partial charge in [-0.15, -0.1) is 0 Å². The maximum atomic E-state index is 2.36. The first-order valence-electron chi connectivity index (χ1n) is 13.0. The van der Waals surface area contributed by atoms with Gasteiger partial charge in [0.2, 0.25) is 0 Å². The van der Waals surface area contributed by atoms with Crippen LogP contribution in [0.3, 0.4) is 0 Å². The monoisotopic (exact) mass is 476 g/mol. The molecule has 0 fully saturated rings. The second-order valence-electron chi connectivity index (χ2n) is 9.88. The molecule has 37 heavy (non-hydrogen) atoms. The fraction of sp³-hybridized carbons (Fsp3) is 0.0857. The first-order chi connectivity index (χ1) is 18.3. The molecule has 0 N–H and O–H groups in total. The Bertz CT molecular complexity index is 1760. The zero-order chi connectivity index (χ0) is 24.8. The Morgan fingerprint density at radius 2 is 1.32 bits per heavy atom. The number of allylic oxidation sites excluding steroid dienone is 3. The van der Waals surface area contributed by atoms with Gasteiger partial charge in [0.15, 0.2) is 0 Å². The molecule has 0 saturated carbocycles. The number of hydrogen-bond acceptors (Lipinski definition) is 1. The van der Waals surface area contributed by atoms with E-state index in [1.165, 1.54) is 55.2 Å². The lowest BCUT2D eigenvalue weighted by molar-refractivity contribution is 0.838. The summed E-state index contributed by atoms with van der Waals surface area (Å²) in [6, 6.07) is 41.7. The summed E-state index contributed by atoms with van der Waals surface area (Å²) in [5, 5.41) is 5.19. The van der Waals surface area contributed by atoms with Crippen molar-refractivity contribution in [2.45, 2.75) is 12.3 Å². The van der Waals surface area contributed by atoms with Crippen molar-refractivity contribution in [1.29, 1.82) is 0 Å². The molecule has 2 heteroatoms. The molecule has 2 nitrogen and oxygen atoms in total. The summed E-state index contributed by atoms with van der Waals surface area (Å²) >= 11 is 0. The number of fused-ring (bicyclic) bond motifs is 4. The third kappa shape index (κ3) is 3.73. The molecular weight excluding hydrogens is 448 g/mol. The Morgan fingerprint density at radius 1 is 0.676 bits per heavy atom. The highest BCUT2D eigenvalue weighted by atomic mass is 15.1. The van der Waals surface area contributed by atoms with Crippen LogP contribution in [0, 0.1) is 0 Å². The molecule has 5 aromatic carbocycles. The van der Waals surface area contributed by atoms with Gasteiger partial charge in [-0.2, -0.15) is 0 Å². The van der Waals surface area contributed by atoms with Gasteiger partial charge in [0.05, 0.1) is 11.0 Å². The average Bonchev–Trinajstić information content (AvgIpc) is 3.31. The van der Waals surface area contributed by atoms with Crippen LogP contribution in [0.1, 0.15) is 17.9 Å². The number of rotatable bonds is 4. The first kappa shape index (κ1) is 21.7. The van der Waals surface area contributed by atoms with Crippen molar-refractivity contribution in [2.75, 3.05) is 11.9 Å². The number of para-hydroxylation sites is 2. The lowest BCUT2D eigenvalue weighted by atomic mass is 9.90. The minimum absolute atomic E-state index is 0.416. The molecule has 1 aromatic heterocycles. The van der Waals surface area contributed by atoms with Crippen LogP contribution in [-0.4, -0.2) is 11.6 Å². The van der Waals surface area contributed by atoms with E-state index in [2.05, 4.69) is 150 Å². The molecule has 0 saturated heterocycles. The van der Waals surface area contributed by atoms with Crippen molar-refractivity contribution in [1.82, 2.24) is 4.57 Å². The van der Waals surface area contributed by atoms with E-state index in [1.807, 2.05) is 0 Å². The molecule has 178 valence electrons. The van der Waals surface area contributed by atoms with Crippen LogP contribution >= 0.6 is 0 Å². The van der Waals surface area contributed by atoms with Gasteiger partial charge in [-0.25, -0.2) is 0 Å². The molecule has 1 heterocycles. The normalized spacial score (nSPS) is 15.4. The van der Waals surface area contributed by atoms with Gasteiger partial charge in [-0.1, -0.05) is 91.0 Å². The van der Waals surface area contributed by atoms with Crippen molar-refractivity contribution < 1.29 is 0 Å². The third-order valence-electron chi connectivity index (χ3n) is 7.74. The van der Waals surface area contributed by atoms with E-state index in [0.717, 1.165) is 6.42 Å². The highest BCUT2D eigenvalue weighted by Crippen LogP contribution is 2.34. The fourth-order valence-electron chi connectivity index (χ4n) is 5.72. The first-order valence-corrected chi connectivity index (χ1v) is 13.0. The Kier molecular flexibility index (Phi) is 5.18. The summed E-state index contributed by atoms with van der Waals surface area (Å²) in [5.74, 6) is 0.416. The van der Waals surface area contributed by atoms with Crippen molar-refractivity contribution in [2.24, 2.45) is 0 Å². The number of benzene rings is 5. The Morgan fingerprint density at radius 3 is 2.00 bits per heavy atom. The lowest BCUT2D eigenvalue weighted by Gasteiger charge is -2.25. The number of anilines is 1. The van der Waals surface area contributed by atoms with Crippen LogP contribution in [0.15, 0.2) is 139 Å². The van der Waals surface area contributed by atoms with Crippen LogP contribution in [0.5, 0.6) is 0 Å². The summed E-state index contributed by atoms with van der Waals surface area (Å²) < 4.78 is 2.36. The molecule has 1 unspecified atom stereocenters. The van der Waals surface area contributed by atoms with Crippen LogP contribution in [0.4, 0.5) is 5.69 Å². The standard InChI is InChI=1S/C35H28N2/c1-36(29-18-16-26(17-19-29)28-15-14-25-8-2-3-9-27(25)24-28)30-20-22-31(23-21-30)37-34-12-6-4-10-32(34)33-11-5-7-13-35(33)37/h2-16,18-24,26H,17H2,1H3. The van der Waals surface area contributed by atoms with Crippen molar-refractivity contribution in [3.8, 4) is 5.69 Å². The maximum Gasteiger partial charge on any atom is 0.0541 e. The summed E-state index contributed by atoms with van der Waals surface area (Å²) in [6.07, 6.45) is 7.99. The van der Waals surface area contributed by atoms with Gasteiger partial charge in [0, 0.05) is 40.8 Å². The molecule has 0 aliphatic heterocycles. The number of nitrogens with zero attached hydrogens (tertiary/aromatic N) is 2. The summed E-state index contributed by atoms with van der Waals surface area (Å²) in [7, 11) is 2.15. The van der Waals surface area contributed by atoms with E-state index in [9.17, 15) is 0 Å². The molecule has 0 radical (unpaired) electrons. The van der Waals surface area contributed by atoms with Gasteiger partial charge >= 0.3 is 0 Å². The smallest absolute Gasteiger partial charge is 0.0541 e. The Labute approximate surface area is 217 Å². The zero-order valence-corrected chi connectivity index (χ0v) is 20.9. The number of likely N-dealkylation sites (N-methyl/N-ethyl adjacent to an activating group) is 1. The molecule has 7 rings (SSSR count). The van der Waals surface area contributed by atoms with Crippen molar-refractivity contribution in [3.63, 3.8) is 0 Å². The Hall–Kier alpha value is -4.56. The molecule has 0 spiro atoms. The van der Waals surface area contributed by atoms with Crippen LogP contribution in [0.2, 0.25) is 0 Å². The molecule has 1 aliphatic carbocycles. The second-order valence-corrected chi connectivity index (χ2v) is 9.88. The number of aromatic nitrogens is 1. The zero-order valence-electron chi connectivity index (χ0n) is 20.9. The molecule has 6 aromatic rings. The van der Waals surface area contributed by atoms with Crippen molar-refractivity contribution in [3.05, 3.63) is 145 Å². The minimum Gasteiger partial charge on any atom is -0.345 e. The largest absolute Gasteiger partial charge is 0.345 e. The molecular formula is C35H28N2. The van der Waals surface area contributed by atoms with Gasteiger partial charge in [0.25, 0.3) is 0 Å². The van der Waals surface area contributed by atoms with Crippen molar-refractivity contribution >= 4 is 38.3 Å². The lowest BCUT2D eigenvalue weighted by Crippen LogP contribution is -2.17. The van der Waals surface area contributed by atoms with E-state index in [4.69, 9.17) is 0 Å². The van der Waals surface area contributed by atoms with E-state index >= 15 is 0 Å². The van der Waals surface area contributed by atoms with Gasteiger partial charge in [-0.3, -0.25) is 0 Å². The molecule has 1 atom stereocenters. The Balaban J connectivity index is 1.15. The quantitative estimate of drug-likeness (QED) is 0.246. The van der Waals surface area contributed by atoms with Gasteiger partial charge < -0.3 is 9.47 Å². The van der Waals surface area contributed by atoms with E-state index in [0.29, 0.717) is 5.92 Å².